The van der Waals surface area contributed by atoms with Crippen LogP contribution >= 0.6 is 0 Å². The topological polar surface area (TPSA) is 307 Å². The molecule has 0 aliphatic carbocycles. The van der Waals surface area contributed by atoms with Crippen LogP contribution in [0, 0.1) is 0 Å². The third-order valence-electron chi connectivity index (χ3n) is 12.0. The molecule has 0 radical (unpaired) electrons. The van der Waals surface area contributed by atoms with Crippen LogP contribution in [0.25, 0.3) is 0 Å². The normalized spacial score (nSPS) is 36.8. The molecule has 6 aliphatic heterocycles. The Bertz CT molecular complexity index is 1560. The molecule has 376 valence electrons. The number of carbonyl (C=O) groups is 8. The van der Waals surface area contributed by atoms with Gasteiger partial charge in [-0.1, -0.05) is 0 Å². The molecule has 6 saturated heterocycles. The van der Waals surface area contributed by atoms with Gasteiger partial charge in [0.25, 0.3) is 23.6 Å². The molecule has 0 aromatic rings. The molecule has 8 N–H and O–H groups in total. The third kappa shape index (κ3) is 13.3. The molecule has 6 rings (SSSR count). The minimum absolute atomic E-state index is 0.0699. The number of hydrogen-bond acceptors (Lipinski definition) is 20. The minimum atomic E-state index is -1.76. The summed E-state index contributed by atoms with van der Waals surface area (Å²) in [5.41, 5.74) is -13.9. The quantitative estimate of drug-likeness (QED) is 0.100. The first-order valence-corrected chi connectivity index (χ1v) is 21.7. The summed E-state index contributed by atoms with van der Waals surface area (Å²) >= 11 is 0. The number of rotatable bonds is 4. The van der Waals surface area contributed by atoms with Gasteiger partial charge in [0.15, 0.2) is 22.4 Å². The molecule has 24 nitrogen and oxygen atoms in total. The summed E-state index contributed by atoms with van der Waals surface area (Å²) in [4.78, 5) is 110. The van der Waals surface area contributed by atoms with Crippen LogP contribution < -0.4 is 42.5 Å². The zero-order valence-corrected chi connectivity index (χ0v) is 40.4. The molecule has 6 heterocycles. The summed E-state index contributed by atoms with van der Waals surface area (Å²) < 4.78 is 45.2. The van der Waals surface area contributed by atoms with Crippen molar-refractivity contribution in [1.82, 2.24) is 42.5 Å². The monoisotopic (exact) mass is 945 g/mol. The van der Waals surface area contributed by atoms with Crippen molar-refractivity contribution in [1.29, 1.82) is 0 Å². The highest BCUT2D eigenvalue weighted by Crippen LogP contribution is 2.22. The zero-order valence-electron chi connectivity index (χ0n) is 40.4. The number of esters is 4. The fourth-order valence-electron chi connectivity index (χ4n) is 7.40. The third-order valence-corrected chi connectivity index (χ3v) is 12.0. The van der Waals surface area contributed by atoms with E-state index in [0.29, 0.717) is 0 Å². The predicted octanol–water partition coefficient (Wildman–Crippen LogP) is -3.54. The van der Waals surface area contributed by atoms with Gasteiger partial charge in [-0.15, -0.1) is 0 Å². The molecule has 66 heavy (non-hydrogen) atoms. The maximum Gasteiger partial charge on any atom is 0.332 e. The highest BCUT2D eigenvalue weighted by Gasteiger charge is 2.49. The number of nitrogens with one attached hydrogen (secondary N) is 8. The predicted molar refractivity (Wildman–Crippen MR) is 232 cm³/mol. The summed E-state index contributed by atoms with van der Waals surface area (Å²) in [5.74, 6) is -6.24. The summed E-state index contributed by atoms with van der Waals surface area (Å²) in [7, 11) is 4.64. The maximum absolute atomic E-state index is 14.3. The smallest absolute Gasteiger partial charge is 0.332 e. The summed E-state index contributed by atoms with van der Waals surface area (Å²) in [6, 6.07) is 0. The van der Waals surface area contributed by atoms with E-state index in [9.17, 15) is 38.4 Å². The second-order valence-corrected chi connectivity index (χ2v) is 18.5. The van der Waals surface area contributed by atoms with Crippen molar-refractivity contribution in [3.05, 3.63) is 0 Å². The fraction of sp³-hybridized carbons (Fsp3) is 0.810. The van der Waals surface area contributed by atoms with Crippen LogP contribution in [0.3, 0.4) is 0 Å². The molecule has 8 atom stereocenters. The molecule has 0 unspecified atom stereocenters. The van der Waals surface area contributed by atoms with Crippen molar-refractivity contribution in [2.24, 2.45) is 0 Å². The Morgan fingerprint density at radius 3 is 0.712 bits per heavy atom. The lowest BCUT2D eigenvalue weighted by atomic mass is 9.95. The van der Waals surface area contributed by atoms with Crippen LogP contribution in [-0.4, -0.2) is 199 Å². The summed E-state index contributed by atoms with van der Waals surface area (Å²) in [6.45, 7) is 8.82. The summed E-state index contributed by atoms with van der Waals surface area (Å²) in [5, 5.41) is 23.2. The Morgan fingerprint density at radius 2 is 0.545 bits per heavy atom. The number of carbonyl (C=O) groups excluding carboxylic acids is 8. The molecule has 0 aromatic heterocycles. The van der Waals surface area contributed by atoms with Crippen molar-refractivity contribution in [2.45, 2.75) is 113 Å². The van der Waals surface area contributed by atoms with Gasteiger partial charge in [0.1, 0.15) is 22.2 Å². The van der Waals surface area contributed by atoms with Crippen molar-refractivity contribution < 1.29 is 76.3 Å². The highest BCUT2D eigenvalue weighted by atomic mass is 16.5. The molecule has 24 heteroatoms. The van der Waals surface area contributed by atoms with Gasteiger partial charge in [0.05, 0.1) is 54.9 Å². The van der Waals surface area contributed by atoms with E-state index in [4.69, 9.17) is 37.9 Å². The van der Waals surface area contributed by atoms with Gasteiger partial charge in [-0.25, -0.2) is 19.2 Å². The first-order chi connectivity index (χ1) is 30.7. The SMILES string of the molecule is COC(=O)[C@]1(C)CNC[C@]2(C)OCCCO[C@@]3(C)CNC[C@@](C)(C(=O)OC)NC(=O)[C@](C)(CNC[C@@](C)(C(=O)OC)NC3=O)OCCCO[C@@](C)(CNC[C@@](C)(C(=O)OC)NC2=O)C(=O)N1. The standard InChI is InChI=1S/C42H72N8O16/c1-35(31(55)59-9)19-43-23-40(6)28(52)48-36(2,32(56)60-10)20-44-24-39(5,27(51)47-35)63-15-13-17-65-41(7)25-45-21-38(4,34(58)62-12)50-30(54)42(8,66-18-14-16-64-40)26-46-22-37(3,33(57)61-11)49-29(41)53/h43-46H,13-26H2,1-12H3,(H,47,51)(H,48,52)(H,49,53)(H,50,54)/t35-,36-,37-,38-,39-,40-,41-,42-/m0/s1. The molecule has 4 bridgehead atoms. The van der Waals surface area contributed by atoms with Gasteiger partial charge < -0.3 is 80.4 Å². The van der Waals surface area contributed by atoms with Crippen LogP contribution in [0.4, 0.5) is 0 Å². The average molecular weight is 945 g/mol. The van der Waals surface area contributed by atoms with E-state index in [-0.39, 0.29) is 91.6 Å². The molecule has 4 amide bonds. The maximum atomic E-state index is 14.3. The van der Waals surface area contributed by atoms with E-state index >= 15 is 0 Å². The molecular weight excluding hydrogens is 873 g/mol. The highest BCUT2D eigenvalue weighted by molar-refractivity contribution is 5.95. The molecule has 6 fully saturated rings. The Kier molecular flexibility index (Phi) is 19.0. The van der Waals surface area contributed by atoms with Crippen molar-refractivity contribution in [3.63, 3.8) is 0 Å². The Hall–Kier alpha value is -4.56. The van der Waals surface area contributed by atoms with Crippen LogP contribution in [-0.2, 0) is 76.3 Å². The second-order valence-electron chi connectivity index (χ2n) is 18.5. The van der Waals surface area contributed by atoms with E-state index in [0.717, 1.165) is 28.4 Å². The van der Waals surface area contributed by atoms with Crippen molar-refractivity contribution in [3.8, 4) is 0 Å². The minimum Gasteiger partial charge on any atom is -0.467 e. The Labute approximate surface area is 385 Å². The van der Waals surface area contributed by atoms with Crippen molar-refractivity contribution in [2.75, 3.05) is 107 Å². The van der Waals surface area contributed by atoms with Gasteiger partial charge in [0, 0.05) is 52.4 Å². The fourth-order valence-corrected chi connectivity index (χ4v) is 7.40. The van der Waals surface area contributed by atoms with Crippen LogP contribution in [0.15, 0.2) is 0 Å². The van der Waals surface area contributed by atoms with Gasteiger partial charge in [-0.05, 0) is 68.2 Å². The lowest BCUT2D eigenvalue weighted by molar-refractivity contribution is -0.161. The lowest BCUT2D eigenvalue weighted by Crippen LogP contribution is -2.69. The first kappa shape index (κ1) is 55.8. The van der Waals surface area contributed by atoms with E-state index < -0.39 is 92.1 Å². The van der Waals surface area contributed by atoms with Gasteiger partial charge in [-0.2, -0.15) is 0 Å². The molecule has 0 aromatic carbocycles. The number of amides is 4. The Morgan fingerprint density at radius 1 is 0.364 bits per heavy atom. The number of hydrogen-bond donors (Lipinski definition) is 8. The molecule has 6 aliphatic rings. The van der Waals surface area contributed by atoms with Crippen molar-refractivity contribution >= 4 is 47.5 Å². The lowest BCUT2D eigenvalue weighted by Gasteiger charge is -2.39. The average Bonchev–Trinajstić information content (AvgIpc) is 3.26. The van der Waals surface area contributed by atoms with E-state index in [1.54, 1.807) is 0 Å². The second kappa shape index (κ2) is 22.5. The van der Waals surface area contributed by atoms with Gasteiger partial charge in [-0.3, -0.25) is 19.2 Å². The summed E-state index contributed by atoms with van der Waals surface area (Å²) in [6.07, 6.45) is 0.140. The van der Waals surface area contributed by atoms with E-state index in [2.05, 4.69) is 42.5 Å². The molecule has 0 spiro atoms. The van der Waals surface area contributed by atoms with Crippen LogP contribution in [0.1, 0.15) is 68.2 Å². The van der Waals surface area contributed by atoms with E-state index in [1.807, 2.05) is 0 Å². The van der Waals surface area contributed by atoms with Gasteiger partial charge in [0.2, 0.25) is 0 Å². The van der Waals surface area contributed by atoms with Crippen LogP contribution in [0.5, 0.6) is 0 Å². The molecular formula is C42H72N8O16. The van der Waals surface area contributed by atoms with Gasteiger partial charge >= 0.3 is 23.9 Å². The largest absolute Gasteiger partial charge is 0.467 e. The number of methoxy groups -OCH3 is 4. The Balaban J connectivity index is 2.22. The zero-order chi connectivity index (χ0) is 49.8. The first-order valence-electron chi connectivity index (χ1n) is 21.7. The van der Waals surface area contributed by atoms with E-state index in [1.165, 1.54) is 55.4 Å². The van der Waals surface area contributed by atoms with Crippen LogP contribution in [0.2, 0.25) is 0 Å². The molecule has 0 saturated carbocycles. The number of ether oxygens (including phenoxy) is 8.